The van der Waals surface area contributed by atoms with Crippen LogP contribution in [0.5, 0.6) is 0 Å². The molecular formula is C17H21N3OS2. The van der Waals surface area contributed by atoms with Crippen LogP contribution in [0.4, 0.5) is 5.69 Å². The van der Waals surface area contributed by atoms with Crippen molar-refractivity contribution in [3.05, 3.63) is 34.2 Å². The normalized spacial score (nSPS) is 22.4. The number of unbranched alkanes of at least 4 members (excludes halogenated alkanes) is 1. The average Bonchev–Trinajstić information content (AvgIpc) is 3.05. The van der Waals surface area contributed by atoms with Gasteiger partial charge in [-0.2, -0.15) is 0 Å². The zero-order valence-corrected chi connectivity index (χ0v) is 15.3. The molecule has 4 nitrogen and oxygen atoms in total. The number of nitrogens with zero attached hydrogens (tertiary/aromatic N) is 3. The van der Waals surface area contributed by atoms with Gasteiger partial charge in [0.1, 0.15) is 4.91 Å². The van der Waals surface area contributed by atoms with E-state index in [1.165, 1.54) is 16.7 Å². The first-order chi connectivity index (χ1) is 11.2. The topological polar surface area (TPSA) is 35.9 Å². The van der Waals surface area contributed by atoms with Crippen LogP contribution in [0.25, 0.3) is 0 Å². The Morgan fingerprint density at radius 3 is 2.65 bits per heavy atom. The number of fused-ring (bicyclic) bond motifs is 1. The van der Waals surface area contributed by atoms with Gasteiger partial charge in [-0.1, -0.05) is 37.2 Å². The number of hydrogen-bond donors (Lipinski definition) is 0. The highest BCUT2D eigenvalue weighted by molar-refractivity contribution is 8.19. The van der Waals surface area contributed by atoms with Crippen molar-refractivity contribution in [2.24, 2.45) is 4.99 Å². The first-order valence-corrected chi connectivity index (χ1v) is 9.59. The van der Waals surface area contributed by atoms with E-state index in [1.54, 1.807) is 16.7 Å². The second kappa shape index (κ2) is 7.01. The highest BCUT2D eigenvalue weighted by atomic mass is 32.2. The number of para-hydroxylation sites is 1. The van der Waals surface area contributed by atoms with E-state index in [-0.39, 0.29) is 5.91 Å². The first-order valence-electron chi connectivity index (χ1n) is 7.96. The second-order valence-corrected chi connectivity index (χ2v) is 7.44. The van der Waals surface area contributed by atoms with Gasteiger partial charge in [-0.3, -0.25) is 14.7 Å². The summed E-state index contributed by atoms with van der Waals surface area (Å²) in [6.07, 6.45) is 2.17. The smallest absolute Gasteiger partial charge is 0.269 e. The lowest BCUT2D eigenvalue weighted by molar-refractivity contribution is -0.122. The molecule has 0 atom stereocenters. The lowest BCUT2D eigenvalue weighted by Crippen LogP contribution is -2.29. The first kappa shape index (κ1) is 16.5. The molecule has 1 aromatic carbocycles. The average molecular weight is 348 g/mol. The van der Waals surface area contributed by atoms with Crippen LogP contribution in [0.3, 0.4) is 0 Å². The van der Waals surface area contributed by atoms with Crippen LogP contribution in [-0.2, 0) is 4.79 Å². The van der Waals surface area contributed by atoms with Crippen molar-refractivity contribution in [3.63, 3.8) is 0 Å². The maximum atomic E-state index is 12.8. The zero-order chi connectivity index (χ0) is 16.4. The Bertz CT molecular complexity index is 684. The van der Waals surface area contributed by atoms with E-state index in [1.807, 2.05) is 26.1 Å². The quantitative estimate of drug-likeness (QED) is 0.605. The largest absolute Gasteiger partial charge is 0.337 e. The third kappa shape index (κ3) is 3.02. The molecule has 6 heteroatoms. The molecule has 2 aliphatic heterocycles. The van der Waals surface area contributed by atoms with E-state index in [4.69, 9.17) is 0 Å². The molecule has 0 bridgehead atoms. The molecule has 0 unspecified atom stereocenters. The van der Waals surface area contributed by atoms with Crippen molar-refractivity contribution in [2.75, 3.05) is 25.0 Å². The van der Waals surface area contributed by atoms with E-state index < -0.39 is 0 Å². The van der Waals surface area contributed by atoms with Crippen molar-refractivity contribution < 1.29 is 4.79 Å². The number of likely N-dealkylation sites (N-methyl/N-ethyl adjacent to an activating group) is 1. The Balaban J connectivity index is 1.92. The van der Waals surface area contributed by atoms with E-state index in [0.29, 0.717) is 6.54 Å². The number of amidine groups is 1. The summed E-state index contributed by atoms with van der Waals surface area (Å²) in [5.74, 6) is 0.0786. The number of amides is 1. The van der Waals surface area contributed by atoms with Crippen LogP contribution in [0, 0.1) is 0 Å². The molecule has 1 aromatic rings. The number of benzene rings is 1. The molecule has 0 aromatic heterocycles. The van der Waals surface area contributed by atoms with Gasteiger partial charge in [0.2, 0.25) is 0 Å². The number of rotatable bonds is 4. The van der Waals surface area contributed by atoms with Gasteiger partial charge >= 0.3 is 0 Å². The van der Waals surface area contributed by atoms with Crippen LogP contribution in [0.2, 0.25) is 0 Å². The van der Waals surface area contributed by atoms with Gasteiger partial charge in [-0.05, 0) is 37.2 Å². The molecule has 2 heterocycles. The van der Waals surface area contributed by atoms with Gasteiger partial charge < -0.3 is 4.90 Å². The molecule has 0 spiro atoms. The van der Waals surface area contributed by atoms with Crippen molar-refractivity contribution in [1.29, 1.82) is 0 Å². The number of thioether (sulfide) groups is 2. The van der Waals surface area contributed by atoms with Crippen molar-refractivity contribution in [1.82, 2.24) is 4.90 Å². The minimum atomic E-state index is 0.0786. The number of anilines is 1. The molecule has 0 radical (unpaired) electrons. The highest BCUT2D eigenvalue weighted by Gasteiger charge is 2.38. The number of carbonyl (C=O) groups is 1. The summed E-state index contributed by atoms with van der Waals surface area (Å²) in [6.45, 7) is 5.60. The van der Waals surface area contributed by atoms with Gasteiger partial charge in [-0.15, -0.1) is 0 Å². The standard InChI is InChI=1S/C17H21N3OS2/c1-4-6-11-18-17-20(5-2)15(21)14(23-17)16-19(3)12-9-7-8-10-13(12)22-16/h7-10H,4-6,11H2,1-3H3/b16-14-,18-17?. The molecule has 1 fully saturated rings. The van der Waals surface area contributed by atoms with Gasteiger partial charge in [0.25, 0.3) is 5.91 Å². The molecule has 0 N–H and O–H groups in total. The van der Waals surface area contributed by atoms with Gasteiger partial charge in [0, 0.05) is 25.0 Å². The van der Waals surface area contributed by atoms with Crippen LogP contribution in [0.15, 0.2) is 44.1 Å². The fourth-order valence-electron chi connectivity index (χ4n) is 2.57. The molecule has 3 rings (SSSR count). The number of aliphatic imine (C=N–C) groups is 1. The maximum absolute atomic E-state index is 12.8. The summed E-state index contributed by atoms with van der Waals surface area (Å²) >= 11 is 3.19. The Kier molecular flexibility index (Phi) is 5.02. The predicted octanol–water partition coefficient (Wildman–Crippen LogP) is 4.15. The summed E-state index contributed by atoms with van der Waals surface area (Å²) < 4.78 is 0. The minimum Gasteiger partial charge on any atom is -0.337 e. The molecule has 1 saturated heterocycles. The van der Waals surface area contributed by atoms with Crippen LogP contribution < -0.4 is 4.90 Å². The molecule has 122 valence electrons. The number of carbonyl (C=O) groups excluding carboxylic acids is 1. The minimum absolute atomic E-state index is 0.0786. The Morgan fingerprint density at radius 2 is 1.96 bits per heavy atom. The van der Waals surface area contributed by atoms with Crippen LogP contribution in [-0.4, -0.2) is 36.1 Å². The maximum Gasteiger partial charge on any atom is 0.269 e. The van der Waals surface area contributed by atoms with Gasteiger partial charge in [0.15, 0.2) is 5.17 Å². The summed E-state index contributed by atoms with van der Waals surface area (Å²) in [5.41, 5.74) is 1.16. The Hall–Kier alpha value is -1.40. The molecule has 0 aliphatic carbocycles. The molecule has 2 aliphatic rings. The van der Waals surface area contributed by atoms with E-state index >= 15 is 0 Å². The summed E-state index contributed by atoms with van der Waals surface area (Å²) in [5, 5.41) is 1.86. The lowest BCUT2D eigenvalue weighted by atomic mass is 10.3. The van der Waals surface area contributed by atoms with E-state index in [0.717, 1.165) is 40.2 Å². The SMILES string of the molecule is CCCCN=C1S/C(=C2\Sc3ccccc3N2C)C(=O)N1CC. The lowest BCUT2D eigenvalue weighted by Gasteiger charge is -2.15. The van der Waals surface area contributed by atoms with Crippen LogP contribution >= 0.6 is 23.5 Å². The van der Waals surface area contributed by atoms with Crippen molar-refractivity contribution in [3.8, 4) is 0 Å². The van der Waals surface area contributed by atoms with Gasteiger partial charge in [0.05, 0.1) is 10.7 Å². The second-order valence-electron chi connectivity index (χ2n) is 5.43. The van der Waals surface area contributed by atoms with Gasteiger partial charge in [-0.25, -0.2) is 0 Å². The summed E-state index contributed by atoms with van der Waals surface area (Å²) in [6, 6.07) is 8.26. The fraction of sp³-hybridized carbons (Fsp3) is 0.412. The molecule has 23 heavy (non-hydrogen) atoms. The Labute approximate surface area is 146 Å². The van der Waals surface area contributed by atoms with E-state index in [2.05, 4.69) is 28.9 Å². The fourth-order valence-corrected chi connectivity index (χ4v) is 4.98. The van der Waals surface area contributed by atoms with E-state index in [9.17, 15) is 4.79 Å². The highest BCUT2D eigenvalue weighted by Crippen LogP contribution is 2.49. The summed E-state index contributed by atoms with van der Waals surface area (Å²) in [4.78, 5) is 23.3. The summed E-state index contributed by atoms with van der Waals surface area (Å²) in [7, 11) is 2.03. The zero-order valence-electron chi connectivity index (χ0n) is 13.7. The predicted molar refractivity (Wildman–Crippen MR) is 99.9 cm³/mol. The third-order valence-electron chi connectivity index (χ3n) is 3.87. The molecule has 0 saturated carbocycles. The molecule has 1 amide bonds. The number of hydrogen-bond acceptors (Lipinski definition) is 5. The third-order valence-corrected chi connectivity index (χ3v) is 6.34. The monoisotopic (exact) mass is 347 g/mol. The van der Waals surface area contributed by atoms with Crippen LogP contribution in [0.1, 0.15) is 26.7 Å². The van der Waals surface area contributed by atoms with Crippen molar-refractivity contribution >= 4 is 40.3 Å². The Morgan fingerprint density at radius 1 is 1.17 bits per heavy atom. The molecular weight excluding hydrogens is 326 g/mol. The van der Waals surface area contributed by atoms with Crippen molar-refractivity contribution in [2.45, 2.75) is 31.6 Å².